The number of carboxylic acid groups (broad SMARTS) is 1. The number of hydrogen-bond acceptors (Lipinski definition) is 7. The number of guanidine groups is 1. The number of benzene rings is 2. The number of hydrogen-bond donors (Lipinski definition) is 8. The molecule has 0 fully saturated rings. The Morgan fingerprint density at radius 1 is 0.805 bits per heavy atom. The van der Waals surface area contributed by atoms with Crippen LogP contribution in [-0.2, 0) is 32.0 Å². The van der Waals surface area contributed by atoms with Gasteiger partial charge in [-0.1, -0.05) is 60.7 Å². The molecule has 0 spiro atoms. The van der Waals surface area contributed by atoms with Crippen molar-refractivity contribution >= 4 is 29.7 Å². The molecule has 2 aromatic carbocycles. The maximum Gasteiger partial charge on any atom is 0.326 e. The molecule has 13 heteroatoms. The molecule has 2 aromatic rings. The fourth-order valence-corrected chi connectivity index (χ4v) is 3.98. The molecule has 11 N–H and O–H groups in total. The van der Waals surface area contributed by atoms with Crippen molar-refractivity contribution in [2.45, 2.75) is 62.9 Å². The van der Waals surface area contributed by atoms with E-state index in [-0.39, 0.29) is 31.8 Å². The van der Waals surface area contributed by atoms with Crippen LogP contribution in [0.2, 0.25) is 0 Å². The number of aliphatic imine (C=N–C) groups is 1. The largest absolute Gasteiger partial charge is 0.480 e. The van der Waals surface area contributed by atoms with Gasteiger partial charge in [-0.3, -0.25) is 19.4 Å². The van der Waals surface area contributed by atoms with Crippen molar-refractivity contribution in [2.75, 3.05) is 6.54 Å². The summed E-state index contributed by atoms with van der Waals surface area (Å²) < 4.78 is 0. The van der Waals surface area contributed by atoms with Gasteiger partial charge < -0.3 is 43.4 Å². The molecule has 0 aromatic heterocycles. The van der Waals surface area contributed by atoms with Crippen molar-refractivity contribution in [3.63, 3.8) is 0 Å². The first-order valence-electron chi connectivity index (χ1n) is 13.2. The third kappa shape index (κ3) is 11.6. The summed E-state index contributed by atoms with van der Waals surface area (Å²) in [6.45, 7) is 1.46. The molecule has 5 atom stereocenters. The molecule has 0 aliphatic heterocycles. The third-order valence-corrected chi connectivity index (χ3v) is 6.17. The van der Waals surface area contributed by atoms with Crippen LogP contribution in [0, 0.1) is 0 Å². The zero-order chi connectivity index (χ0) is 30.4. The number of amides is 3. The van der Waals surface area contributed by atoms with Crippen molar-refractivity contribution < 1.29 is 29.4 Å². The lowest BCUT2D eigenvalue weighted by Gasteiger charge is -2.26. The van der Waals surface area contributed by atoms with Gasteiger partial charge in [0.1, 0.15) is 18.1 Å². The van der Waals surface area contributed by atoms with E-state index in [1.165, 1.54) is 6.92 Å². The Bertz CT molecular complexity index is 1170. The summed E-state index contributed by atoms with van der Waals surface area (Å²) in [6.07, 6.45) is -0.777. The summed E-state index contributed by atoms with van der Waals surface area (Å²) in [4.78, 5) is 54.8. The van der Waals surface area contributed by atoms with Crippen molar-refractivity contribution in [3.8, 4) is 0 Å². The molecule has 0 bridgehead atoms. The number of carbonyl (C=O) groups excluding carboxylic acids is 3. The van der Waals surface area contributed by atoms with Crippen LogP contribution in [-0.4, -0.2) is 76.7 Å². The Kier molecular flexibility index (Phi) is 13.2. The number of rotatable bonds is 16. The zero-order valence-electron chi connectivity index (χ0n) is 22.9. The number of nitrogens with two attached hydrogens (primary N) is 3. The van der Waals surface area contributed by atoms with Crippen LogP contribution >= 0.6 is 0 Å². The highest BCUT2D eigenvalue weighted by Gasteiger charge is 2.32. The SMILES string of the molecule is CC(O)C(NC(=O)C(CCCN=C(N)N)NC(=O)C(N)Cc1ccccc1)C(=O)NC(Cc1ccccc1)C(=O)O. The van der Waals surface area contributed by atoms with Crippen molar-refractivity contribution in [2.24, 2.45) is 22.2 Å². The fourth-order valence-electron chi connectivity index (χ4n) is 3.98. The molecule has 0 saturated carbocycles. The monoisotopic (exact) mass is 569 g/mol. The van der Waals surface area contributed by atoms with Crippen LogP contribution < -0.4 is 33.2 Å². The summed E-state index contributed by atoms with van der Waals surface area (Å²) in [5.41, 5.74) is 18.3. The van der Waals surface area contributed by atoms with E-state index in [1.54, 1.807) is 30.3 Å². The average molecular weight is 570 g/mol. The van der Waals surface area contributed by atoms with Crippen LogP contribution in [0.3, 0.4) is 0 Å². The predicted molar refractivity (Wildman–Crippen MR) is 153 cm³/mol. The summed E-state index contributed by atoms with van der Waals surface area (Å²) in [5, 5.41) is 27.3. The number of carboxylic acids is 1. The van der Waals surface area contributed by atoms with Gasteiger partial charge in [0.05, 0.1) is 12.1 Å². The molecule has 222 valence electrons. The lowest BCUT2D eigenvalue weighted by atomic mass is 10.0. The van der Waals surface area contributed by atoms with Gasteiger partial charge in [-0.25, -0.2) is 4.79 Å². The zero-order valence-corrected chi connectivity index (χ0v) is 22.9. The summed E-state index contributed by atoms with van der Waals surface area (Å²) >= 11 is 0. The van der Waals surface area contributed by atoms with Gasteiger partial charge in [-0.05, 0) is 37.3 Å². The normalized spacial score (nSPS) is 14.4. The van der Waals surface area contributed by atoms with Gasteiger partial charge in [0.15, 0.2) is 5.96 Å². The first kappa shape index (κ1) is 32.7. The van der Waals surface area contributed by atoms with Crippen LogP contribution in [0.25, 0.3) is 0 Å². The number of carbonyl (C=O) groups is 4. The highest BCUT2D eigenvalue weighted by molar-refractivity contribution is 5.94. The standard InChI is InChI=1S/C28H39N7O6/c1-17(36)23(26(39)34-22(27(40)41)16-19-11-6-3-7-12-19)35-25(38)21(13-8-14-32-28(30)31)33-24(37)20(29)15-18-9-4-2-5-10-18/h2-7,9-12,17,20-23,36H,8,13-16,29H2,1H3,(H,33,37)(H,34,39)(H,35,38)(H,40,41)(H4,30,31,32). The minimum Gasteiger partial charge on any atom is -0.480 e. The number of nitrogens with one attached hydrogen (secondary N) is 3. The third-order valence-electron chi connectivity index (χ3n) is 6.17. The van der Waals surface area contributed by atoms with E-state index in [0.717, 1.165) is 5.56 Å². The van der Waals surface area contributed by atoms with Crippen molar-refractivity contribution in [1.82, 2.24) is 16.0 Å². The Hall–Kier alpha value is -4.49. The van der Waals surface area contributed by atoms with Crippen LogP contribution in [0.5, 0.6) is 0 Å². The van der Waals surface area contributed by atoms with E-state index in [1.807, 2.05) is 30.3 Å². The Balaban J connectivity index is 2.13. The molecule has 0 saturated heterocycles. The van der Waals surface area contributed by atoms with E-state index in [2.05, 4.69) is 20.9 Å². The first-order valence-corrected chi connectivity index (χ1v) is 13.2. The van der Waals surface area contributed by atoms with Crippen molar-refractivity contribution in [3.05, 3.63) is 71.8 Å². The van der Waals surface area contributed by atoms with Gasteiger partial charge in [0.25, 0.3) is 0 Å². The molecule has 0 aliphatic carbocycles. The lowest BCUT2D eigenvalue weighted by molar-refractivity contribution is -0.143. The molecule has 0 heterocycles. The molecule has 13 nitrogen and oxygen atoms in total. The van der Waals surface area contributed by atoms with Crippen LogP contribution in [0.4, 0.5) is 0 Å². The molecular formula is C28H39N7O6. The Labute approximate surface area is 238 Å². The second kappa shape index (κ2) is 16.6. The van der Waals surface area contributed by atoms with E-state index >= 15 is 0 Å². The maximum absolute atomic E-state index is 13.3. The van der Waals surface area contributed by atoms with Crippen LogP contribution in [0.15, 0.2) is 65.7 Å². The van der Waals surface area contributed by atoms with Crippen molar-refractivity contribution in [1.29, 1.82) is 0 Å². The number of aliphatic carboxylic acids is 1. The number of nitrogens with zero attached hydrogens (tertiary/aromatic N) is 1. The Morgan fingerprint density at radius 3 is 1.85 bits per heavy atom. The lowest BCUT2D eigenvalue weighted by Crippen LogP contribution is -2.60. The van der Waals surface area contributed by atoms with E-state index in [0.29, 0.717) is 12.0 Å². The second-order valence-electron chi connectivity index (χ2n) is 9.62. The topological polar surface area (TPSA) is 235 Å². The van der Waals surface area contributed by atoms with E-state index in [4.69, 9.17) is 17.2 Å². The van der Waals surface area contributed by atoms with Gasteiger partial charge in [-0.2, -0.15) is 0 Å². The smallest absolute Gasteiger partial charge is 0.326 e. The first-order chi connectivity index (χ1) is 19.5. The van der Waals surface area contributed by atoms with Gasteiger partial charge in [0, 0.05) is 13.0 Å². The molecular weight excluding hydrogens is 530 g/mol. The second-order valence-corrected chi connectivity index (χ2v) is 9.62. The quantitative estimate of drug-likeness (QED) is 0.0685. The Morgan fingerprint density at radius 2 is 1.34 bits per heavy atom. The van der Waals surface area contributed by atoms with Gasteiger partial charge in [-0.15, -0.1) is 0 Å². The minimum absolute atomic E-state index is 0.00876. The molecule has 5 unspecified atom stereocenters. The average Bonchev–Trinajstić information content (AvgIpc) is 2.93. The molecule has 3 amide bonds. The number of aliphatic hydroxyl groups excluding tert-OH is 1. The summed E-state index contributed by atoms with van der Waals surface area (Å²) in [7, 11) is 0. The maximum atomic E-state index is 13.3. The minimum atomic E-state index is -1.50. The molecule has 2 rings (SSSR count). The highest BCUT2D eigenvalue weighted by Crippen LogP contribution is 2.07. The fraction of sp³-hybridized carbons (Fsp3) is 0.393. The molecule has 0 aliphatic rings. The van der Waals surface area contributed by atoms with Crippen LogP contribution in [0.1, 0.15) is 30.9 Å². The van der Waals surface area contributed by atoms with E-state index in [9.17, 15) is 29.4 Å². The predicted octanol–water partition coefficient (Wildman–Crippen LogP) is -1.23. The van der Waals surface area contributed by atoms with E-state index < -0.39 is 54.0 Å². The number of aliphatic hydroxyl groups is 1. The molecule has 0 radical (unpaired) electrons. The molecule has 41 heavy (non-hydrogen) atoms. The highest BCUT2D eigenvalue weighted by atomic mass is 16.4. The van der Waals surface area contributed by atoms with Gasteiger partial charge >= 0.3 is 5.97 Å². The van der Waals surface area contributed by atoms with Gasteiger partial charge in [0.2, 0.25) is 17.7 Å². The summed E-state index contributed by atoms with van der Waals surface area (Å²) in [5.74, 6) is -3.68. The summed E-state index contributed by atoms with van der Waals surface area (Å²) in [6, 6.07) is 12.9.